The van der Waals surface area contributed by atoms with Crippen LogP contribution in [0.15, 0.2) is 11.2 Å². The molecule has 5 nitrogen and oxygen atoms in total. The summed E-state index contributed by atoms with van der Waals surface area (Å²) in [6.45, 7) is 3.58. The van der Waals surface area contributed by atoms with Crippen LogP contribution in [0.5, 0.6) is 0 Å². The molecule has 106 valence electrons. The number of aromatic nitrogens is 2. The molecule has 0 radical (unpaired) electrons. The van der Waals surface area contributed by atoms with Gasteiger partial charge in [-0.1, -0.05) is 18.7 Å². The van der Waals surface area contributed by atoms with Crippen LogP contribution in [0.2, 0.25) is 0 Å². The van der Waals surface area contributed by atoms with Gasteiger partial charge in [0.2, 0.25) is 0 Å². The second-order valence-electron chi connectivity index (χ2n) is 4.84. The summed E-state index contributed by atoms with van der Waals surface area (Å²) in [5.74, 6) is 2.09. The van der Waals surface area contributed by atoms with Crippen LogP contribution in [0.3, 0.4) is 0 Å². The third kappa shape index (κ3) is 4.54. The fourth-order valence-corrected chi connectivity index (χ4v) is 2.19. The van der Waals surface area contributed by atoms with Crippen molar-refractivity contribution in [2.45, 2.75) is 37.4 Å². The van der Waals surface area contributed by atoms with Gasteiger partial charge >= 0.3 is 0 Å². The Hall–Kier alpha value is -1.01. The number of nitrogens with one attached hydrogen (secondary N) is 2. The SMILES string of the molecule is CCCNc1cc(NCC(O)C2CC2)nc(SC)n1. The first kappa shape index (κ1) is 14.4. The van der Waals surface area contributed by atoms with Crippen molar-refractivity contribution in [1.82, 2.24) is 9.97 Å². The molecule has 0 amide bonds. The van der Waals surface area contributed by atoms with E-state index in [-0.39, 0.29) is 6.10 Å². The lowest BCUT2D eigenvalue weighted by Gasteiger charge is -2.13. The van der Waals surface area contributed by atoms with Crippen molar-refractivity contribution in [3.63, 3.8) is 0 Å². The largest absolute Gasteiger partial charge is 0.391 e. The Labute approximate surface area is 118 Å². The Morgan fingerprint density at radius 2 is 2.05 bits per heavy atom. The van der Waals surface area contributed by atoms with E-state index in [1.54, 1.807) is 0 Å². The smallest absolute Gasteiger partial charge is 0.191 e. The average Bonchev–Trinajstić information content (AvgIpc) is 3.26. The maximum Gasteiger partial charge on any atom is 0.191 e. The zero-order chi connectivity index (χ0) is 13.7. The molecule has 1 aromatic heterocycles. The fraction of sp³-hybridized carbons (Fsp3) is 0.692. The zero-order valence-electron chi connectivity index (χ0n) is 11.5. The van der Waals surface area contributed by atoms with Gasteiger partial charge in [0.15, 0.2) is 5.16 Å². The molecule has 1 atom stereocenters. The first-order valence-corrected chi connectivity index (χ1v) is 8.04. The maximum absolute atomic E-state index is 9.86. The number of rotatable bonds is 8. The number of hydrogen-bond donors (Lipinski definition) is 3. The van der Waals surface area contributed by atoms with Crippen LogP contribution in [-0.4, -0.2) is 40.5 Å². The molecule has 0 aromatic carbocycles. The lowest BCUT2D eigenvalue weighted by Crippen LogP contribution is -2.22. The average molecular weight is 282 g/mol. The predicted octanol–water partition coefficient (Wildman–Crippen LogP) is 2.20. The highest BCUT2D eigenvalue weighted by molar-refractivity contribution is 7.98. The van der Waals surface area contributed by atoms with E-state index in [0.717, 1.165) is 42.6 Å². The monoisotopic (exact) mass is 282 g/mol. The molecule has 1 aliphatic carbocycles. The van der Waals surface area contributed by atoms with E-state index in [1.165, 1.54) is 11.8 Å². The molecule has 19 heavy (non-hydrogen) atoms. The number of aliphatic hydroxyl groups is 1. The lowest BCUT2D eigenvalue weighted by molar-refractivity contribution is 0.164. The van der Waals surface area contributed by atoms with E-state index in [4.69, 9.17) is 0 Å². The molecule has 0 bridgehead atoms. The highest BCUT2D eigenvalue weighted by Gasteiger charge is 2.29. The van der Waals surface area contributed by atoms with Crippen molar-refractivity contribution in [3.8, 4) is 0 Å². The van der Waals surface area contributed by atoms with Gasteiger partial charge in [0.05, 0.1) is 6.10 Å². The molecular formula is C13H22N4OS. The number of anilines is 2. The lowest BCUT2D eigenvalue weighted by atomic mass is 10.2. The van der Waals surface area contributed by atoms with Crippen molar-refractivity contribution in [2.24, 2.45) is 5.92 Å². The van der Waals surface area contributed by atoms with Gasteiger partial charge in [-0.2, -0.15) is 0 Å². The van der Waals surface area contributed by atoms with Crippen molar-refractivity contribution < 1.29 is 5.11 Å². The molecule has 1 saturated carbocycles. The zero-order valence-corrected chi connectivity index (χ0v) is 12.3. The fourth-order valence-electron chi connectivity index (χ4n) is 1.81. The number of aliphatic hydroxyl groups excluding tert-OH is 1. The minimum Gasteiger partial charge on any atom is -0.391 e. The van der Waals surface area contributed by atoms with E-state index < -0.39 is 0 Å². The van der Waals surface area contributed by atoms with Crippen LogP contribution >= 0.6 is 11.8 Å². The molecule has 0 saturated heterocycles. The van der Waals surface area contributed by atoms with Gasteiger partial charge in [0, 0.05) is 19.2 Å². The van der Waals surface area contributed by atoms with Gasteiger partial charge in [-0.15, -0.1) is 0 Å². The van der Waals surface area contributed by atoms with Gasteiger partial charge in [-0.3, -0.25) is 0 Å². The molecule has 3 N–H and O–H groups in total. The van der Waals surface area contributed by atoms with E-state index in [2.05, 4.69) is 27.5 Å². The molecule has 0 spiro atoms. The Balaban J connectivity index is 1.96. The highest BCUT2D eigenvalue weighted by atomic mass is 32.2. The summed E-state index contributed by atoms with van der Waals surface area (Å²) in [6.07, 6.45) is 5.04. The van der Waals surface area contributed by atoms with Crippen LogP contribution in [0.25, 0.3) is 0 Å². The summed E-state index contributed by atoms with van der Waals surface area (Å²) in [4.78, 5) is 8.80. The molecular weight excluding hydrogens is 260 g/mol. The Morgan fingerprint density at radius 1 is 1.37 bits per heavy atom. The van der Waals surface area contributed by atoms with Gasteiger partial charge in [-0.05, 0) is 31.4 Å². The molecule has 2 rings (SSSR count). The Bertz CT molecular complexity index is 412. The van der Waals surface area contributed by atoms with E-state index in [9.17, 15) is 5.11 Å². The maximum atomic E-state index is 9.86. The minimum atomic E-state index is -0.264. The summed E-state index contributed by atoms with van der Waals surface area (Å²) in [5.41, 5.74) is 0. The summed E-state index contributed by atoms with van der Waals surface area (Å²) in [6, 6.07) is 1.90. The van der Waals surface area contributed by atoms with Gasteiger partial charge in [-0.25, -0.2) is 9.97 Å². The molecule has 1 aromatic rings. The van der Waals surface area contributed by atoms with Crippen molar-refractivity contribution in [1.29, 1.82) is 0 Å². The quantitative estimate of drug-likeness (QED) is 0.501. The second-order valence-corrected chi connectivity index (χ2v) is 5.61. The first-order valence-electron chi connectivity index (χ1n) is 6.81. The number of hydrogen-bond acceptors (Lipinski definition) is 6. The topological polar surface area (TPSA) is 70.1 Å². The molecule has 0 aliphatic heterocycles. The van der Waals surface area contributed by atoms with Crippen LogP contribution in [-0.2, 0) is 0 Å². The number of nitrogens with zero attached hydrogens (tertiary/aromatic N) is 2. The van der Waals surface area contributed by atoms with Gasteiger partial charge < -0.3 is 15.7 Å². The molecule has 6 heteroatoms. The second kappa shape index (κ2) is 6.96. The third-order valence-electron chi connectivity index (χ3n) is 3.10. The summed E-state index contributed by atoms with van der Waals surface area (Å²) in [5, 5.41) is 17.1. The van der Waals surface area contributed by atoms with E-state index >= 15 is 0 Å². The molecule has 1 heterocycles. The number of thioether (sulfide) groups is 1. The van der Waals surface area contributed by atoms with E-state index in [0.29, 0.717) is 12.5 Å². The minimum absolute atomic E-state index is 0.264. The van der Waals surface area contributed by atoms with Crippen molar-refractivity contribution in [3.05, 3.63) is 6.07 Å². The normalized spacial score (nSPS) is 16.2. The van der Waals surface area contributed by atoms with Crippen molar-refractivity contribution in [2.75, 3.05) is 30.0 Å². The van der Waals surface area contributed by atoms with Crippen molar-refractivity contribution >= 4 is 23.4 Å². The van der Waals surface area contributed by atoms with Crippen LogP contribution < -0.4 is 10.6 Å². The third-order valence-corrected chi connectivity index (χ3v) is 3.65. The highest BCUT2D eigenvalue weighted by Crippen LogP contribution is 2.32. The summed E-state index contributed by atoms with van der Waals surface area (Å²) >= 11 is 1.52. The van der Waals surface area contributed by atoms with Crippen LogP contribution in [0.4, 0.5) is 11.6 Å². The summed E-state index contributed by atoms with van der Waals surface area (Å²) < 4.78 is 0. The van der Waals surface area contributed by atoms with E-state index in [1.807, 2.05) is 12.3 Å². The standard InChI is InChI=1S/C13H22N4OS/c1-3-6-14-11-7-12(17-13(16-11)19-2)15-8-10(18)9-4-5-9/h7,9-10,18H,3-6,8H2,1-2H3,(H2,14,15,16,17). The summed E-state index contributed by atoms with van der Waals surface area (Å²) in [7, 11) is 0. The first-order chi connectivity index (χ1) is 9.22. The molecule has 1 aliphatic rings. The van der Waals surface area contributed by atoms with Crippen LogP contribution in [0, 0.1) is 5.92 Å². The molecule has 1 fully saturated rings. The van der Waals surface area contributed by atoms with Gasteiger partial charge in [0.25, 0.3) is 0 Å². The Morgan fingerprint density at radius 3 is 2.63 bits per heavy atom. The predicted molar refractivity (Wildman–Crippen MR) is 79.8 cm³/mol. The van der Waals surface area contributed by atoms with Crippen LogP contribution in [0.1, 0.15) is 26.2 Å². The molecule has 1 unspecified atom stereocenters. The Kier molecular flexibility index (Phi) is 5.27. The van der Waals surface area contributed by atoms with Gasteiger partial charge in [0.1, 0.15) is 11.6 Å².